The van der Waals surface area contributed by atoms with E-state index >= 15 is 0 Å². The molecule has 66 valence electrons. The van der Waals surface area contributed by atoms with Crippen molar-refractivity contribution in [1.29, 1.82) is 0 Å². The lowest BCUT2D eigenvalue weighted by Crippen LogP contribution is -2.01. The van der Waals surface area contributed by atoms with Crippen LogP contribution in [0.3, 0.4) is 0 Å². The molecule has 0 bridgehead atoms. The van der Waals surface area contributed by atoms with Gasteiger partial charge in [0.1, 0.15) is 0 Å². The third-order valence-corrected chi connectivity index (χ3v) is 1.91. The van der Waals surface area contributed by atoms with Crippen molar-refractivity contribution in [3.05, 3.63) is 28.5 Å². The zero-order chi connectivity index (χ0) is 9.30. The van der Waals surface area contributed by atoms with Gasteiger partial charge in [-0.15, -0.1) is 0 Å². The number of halogens is 2. The molecule has 0 amide bonds. The first-order valence-corrected chi connectivity index (χ1v) is 3.83. The van der Waals surface area contributed by atoms with Crippen LogP contribution in [0.5, 0.6) is 0 Å². The molecule has 1 atom stereocenters. The fourth-order valence-electron chi connectivity index (χ4n) is 0.946. The number of nitrogen functional groups attached to an aromatic ring is 1. The van der Waals surface area contributed by atoms with Crippen LogP contribution in [0.25, 0.3) is 0 Å². The predicted molar refractivity (Wildman–Crippen MR) is 46.5 cm³/mol. The number of anilines is 1. The van der Waals surface area contributed by atoms with E-state index in [9.17, 15) is 4.39 Å². The molecule has 3 N–H and O–H groups in total. The van der Waals surface area contributed by atoms with Gasteiger partial charge in [0.25, 0.3) is 0 Å². The first kappa shape index (κ1) is 9.29. The van der Waals surface area contributed by atoms with Gasteiger partial charge in [0.2, 0.25) is 0 Å². The van der Waals surface area contributed by atoms with Crippen LogP contribution in [0, 0.1) is 5.82 Å². The van der Waals surface area contributed by atoms with Crippen molar-refractivity contribution < 1.29 is 9.50 Å². The summed E-state index contributed by atoms with van der Waals surface area (Å²) >= 11 is 5.45. The van der Waals surface area contributed by atoms with Gasteiger partial charge < -0.3 is 10.8 Å². The van der Waals surface area contributed by atoms with Gasteiger partial charge in [-0.25, -0.2) is 4.39 Å². The second kappa shape index (κ2) is 3.29. The Hall–Kier alpha value is -0.800. The summed E-state index contributed by atoms with van der Waals surface area (Å²) in [5.74, 6) is -0.671. The summed E-state index contributed by atoms with van der Waals surface area (Å²) in [5, 5.41) is 9.10. The van der Waals surface area contributed by atoms with Gasteiger partial charge in [0.05, 0.1) is 16.8 Å². The largest absolute Gasteiger partial charge is 0.396 e. The van der Waals surface area contributed by atoms with Crippen molar-refractivity contribution >= 4 is 17.3 Å². The monoisotopic (exact) mass is 189 g/mol. The molecular weight excluding hydrogens is 181 g/mol. The second-order valence-corrected chi connectivity index (χ2v) is 2.95. The maximum Gasteiger partial charge on any atom is 0.165 e. The standard InChI is InChI=1S/C8H9ClFNO/c1-4(12)5-2-3-6(9)7(10)8(5)11/h2-4,12H,11H2,1H3/t4-/m1/s1. The van der Waals surface area contributed by atoms with Gasteiger partial charge in [0.15, 0.2) is 5.82 Å². The Labute approximate surface area is 74.8 Å². The molecule has 1 aromatic carbocycles. The normalized spacial score (nSPS) is 13.0. The minimum absolute atomic E-state index is 0.0306. The minimum Gasteiger partial charge on any atom is -0.396 e. The highest BCUT2D eigenvalue weighted by Crippen LogP contribution is 2.27. The van der Waals surface area contributed by atoms with E-state index < -0.39 is 11.9 Å². The number of nitrogens with two attached hydrogens (primary N) is 1. The molecule has 0 saturated heterocycles. The minimum atomic E-state index is -0.781. The van der Waals surface area contributed by atoms with E-state index in [1.165, 1.54) is 19.1 Å². The Bertz CT molecular complexity index is 301. The summed E-state index contributed by atoms with van der Waals surface area (Å²) < 4.78 is 13.0. The SMILES string of the molecule is C[C@@H](O)c1ccc(Cl)c(F)c1N. The van der Waals surface area contributed by atoms with Crippen molar-refractivity contribution in [2.75, 3.05) is 5.73 Å². The molecule has 12 heavy (non-hydrogen) atoms. The molecule has 0 radical (unpaired) electrons. The van der Waals surface area contributed by atoms with Crippen LogP contribution < -0.4 is 5.73 Å². The molecule has 0 fully saturated rings. The fourth-order valence-corrected chi connectivity index (χ4v) is 1.11. The summed E-state index contributed by atoms with van der Waals surface area (Å²) in [7, 11) is 0. The summed E-state index contributed by atoms with van der Waals surface area (Å²) in [4.78, 5) is 0. The van der Waals surface area contributed by atoms with Gasteiger partial charge in [0, 0.05) is 5.56 Å². The van der Waals surface area contributed by atoms with Crippen molar-refractivity contribution in [3.8, 4) is 0 Å². The first-order valence-electron chi connectivity index (χ1n) is 3.45. The van der Waals surface area contributed by atoms with Gasteiger partial charge in [-0.1, -0.05) is 17.7 Å². The lowest BCUT2D eigenvalue weighted by atomic mass is 10.1. The molecule has 0 aromatic heterocycles. The molecular formula is C8H9ClFNO. The Kier molecular flexibility index (Phi) is 2.55. The highest BCUT2D eigenvalue weighted by atomic mass is 35.5. The van der Waals surface area contributed by atoms with Crippen LogP contribution in [0.1, 0.15) is 18.6 Å². The van der Waals surface area contributed by atoms with Crippen LogP contribution >= 0.6 is 11.6 Å². The number of aliphatic hydroxyl groups is 1. The van der Waals surface area contributed by atoms with E-state index in [2.05, 4.69) is 0 Å². The van der Waals surface area contributed by atoms with Gasteiger partial charge in [-0.3, -0.25) is 0 Å². The van der Waals surface area contributed by atoms with Gasteiger partial charge >= 0.3 is 0 Å². The van der Waals surface area contributed by atoms with Gasteiger partial charge in [-0.2, -0.15) is 0 Å². The number of hydrogen-bond acceptors (Lipinski definition) is 2. The Morgan fingerprint density at radius 3 is 2.67 bits per heavy atom. The molecule has 0 aliphatic carbocycles. The number of rotatable bonds is 1. The Morgan fingerprint density at radius 1 is 1.58 bits per heavy atom. The Morgan fingerprint density at radius 2 is 2.17 bits per heavy atom. The summed E-state index contributed by atoms with van der Waals surface area (Å²) in [6, 6.07) is 2.88. The first-order chi connectivity index (χ1) is 5.54. The van der Waals surface area contributed by atoms with E-state index in [0.29, 0.717) is 5.56 Å². The maximum absolute atomic E-state index is 13.0. The van der Waals surface area contributed by atoms with Crippen LogP contribution in [-0.4, -0.2) is 5.11 Å². The highest BCUT2D eigenvalue weighted by Gasteiger charge is 2.11. The predicted octanol–water partition coefficient (Wildman–Crippen LogP) is 2.11. The molecule has 0 unspecified atom stereocenters. The zero-order valence-electron chi connectivity index (χ0n) is 6.51. The number of benzene rings is 1. The lowest BCUT2D eigenvalue weighted by Gasteiger charge is -2.09. The molecule has 1 aromatic rings. The Balaban J connectivity index is 3.27. The van der Waals surface area contributed by atoms with Crippen molar-refractivity contribution in [1.82, 2.24) is 0 Å². The van der Waals surface area contributed by atoms with Crippen LogP contribution in [0.2, 0.25) is 5.02 Å². The number of hydrogen-bond donors (Lipinski definition) is 2. The molecule has 2 nitrogen and oxygen atoms in total. The quantitative estimate of drug-likeness (QED) is 0.665. The van der Waals surface area contributed by atoms with E-state index in [1.807, 2.05) is 0 Å². The summed E-state index contributed by atoms with van der Waals surface area (Å²) in [6.45, 7) is 1.51. The maximum atomic E-state index is 13.0. The fraction of sp³-hybridized carbons (Fsp3) is 0.250. The topological polar surface area (TPSA) is 46.2 Å². The van der Waals surface area contributed by atoms with E-state index in [1.54, 1.807) is 0 Å². The molecule has 0 aliphatic heterocycles. The van der Waals surface area contributed by atoms with E-state index in [0.717, 1.165) is 0 Å². The van der Waals surface area contributed by atoms with Crippen LogP contribution in [0.4, 0.5) is 10.1 Å². The highest BCUT2D eigenvalue weighted by molar-refractivity contribution is 6.31. The molecule has 0 aliphatic rings. The van der Waals surface area contributed by atoms with Crippen LogP contribution in [-0.2, 0) is 0 Å². The van der Waals surface area contributed by atoms with Crippen molar-refractivity contribution in [2.24, 2.45) is 0 Å². The van der Waals surface area contributed by atoms with Crippen molar-refractivity contribution in [2.45, 2.75) is 13.0 Å². The number of aliphatic hydroxyl groups excluding tert-OH is 1. The summed E-state index contributed by atoms with van der Waals surface area (Å²) in [5.41, 5.74) is 5.64. The smallest absolute Gasteiger partial charge is 0.165 e. The lowest BCUT2D eigenvalue weighted by molar-refractivity contribution is 0.199. The molecule has 0 spiro atoms. The van der Waals surface area contributed by atoms with Crippen molar-refractivity contribution in [3.63, 3.8) is 0 Å². The van der Waals surface area contributed by atoms with Crippen LogP contribution in [0.15, 0.2) is 12.1 Å². The van der Waals surface area contributed by atoms with E-state index in [-0.39, 0.29) is 10.7 Å². The van der Waals surface area contributed by atoms with E-state index in [4.69, 9.17) is 22.4 Å². The zero-order valence-corrected chi connectivity index (χ0v) is 7.27. The molecule has 1 rings (SSSR count). The third-order valence-electron chi connectivity index (χ3n) is 1.62. The molecule has 0 saturated carbocycles. The second-order valence-electron chi connectivity index (χ2n) is 2.54. The average Bonchev–Trinajstić information content (AvgIpc) is 2.00. The average molecular weight is 190 g/mol. The third kappa shape index (κ3) is 1.52. The molecule has 0 heterocycles. The van der Waals surface area contributed by atoms with Gasteiger partial charge in [-0.05, 0) is 13.0 Å². The molecule has 4 heteroatoms. The summed E-state index contributed by atoms with van der Waals surface area (Å²) in [6.07, 6.45) is -0.781.